The molecule has 31 heavy (non-hydrogen) atoms. The number of carbonyl (C=O) groups excluding carboxylic acids is 2. The van der Waals surface area contributed by atoms with Crippen LogP contribution in [0.3, 0.4) is 0 Å². The number of rotatable bonds is 6. The predicted molar refractivity (Wildman–Crippen MR) is 119 cm³/mol. The molecule has 1 aromatic heterocycles. The smallest absolute Gasteiger partial charge is 0.259 e. The number of anilines is 2. The van der Waals surface area contributed by atoms with Gasteiger partial charge in [0.25, 0.3) is 11.8 Å². The minimum absolute atomic E-state index is 0.0695. The van der Waals surface area contributed by atoms with Crippen LogP contribution >= 0.6 is 11.8 Å². The third-order valence-corrected chi connectivity index (χ3v) is 5.94. The number of nitrogens with one attached hydrogen (secondary N) is 1. The standard InChI is InChI=1S/C23H21N3O4S/c1-29-12-11-26-18-9-8-16(25-22(27)15-7-10-21(30-2)24-14-15)13-20(18)31-19-6-4-3-5-17(19)23(26)28/h3-10,13-14H,11-12H2,1-2H3,(H,25,27). The van der Waals surface area contributed by atoms with Crippen LogP contribution in [0.25, 0.3) is 0 Å². The SMILES string of the molecule is COCCN1C(=O)c2ccccc2Sc2cc(NC(=O)c3ccc(OC)nc3)ccc21. The molecule has 0 saturated heterocycles. The van der Waals surface area contributed by atoms with Gasteiger partial charge < -0.3 is 19.7 Å². The molecule has 3 aromatic rings. The highest BCUT2D eigenvalue weighted by Gasteiger charge is 2.27. The van der Waals surface area contributed by atoms with Crippen molar-refractivity contribution in [1.29, 1.82) is 0 Å². The first-order chi connectivity index (χ1) is 15.1. The highest BCUT2D eigenvalue weighted by molar-refractivity contribution is 7.99. The lowest BCUT2D eigenvalue weighted by molar-refractivity contribution is 0.0972. The van der Waals surface area contributed by atoms with E-state index < -0.39 is 0 Å². The van der Waals surface area contributed by atoms with Crippen molar-refractivity contribution in [3.05, 3.63) is 71.9 Å². The lowest BCUT2D eigenvalue weighted by Gasteiger charge is -2.23. The van der Waals surface area contributed by atoms with E-state index in [-0.39, 0.29) is 11.8 Å². The van der Waals surface area contributed by atoms with Crippen LogP contribution in [-0.4, -0.2) is 44.2 Å². The van der Waals surface area contributed by atoms with Crippen LogP contribution in [0.15, 0.2) is 70.6 Å². The van der Waals surface area contributed by atoms with Crippen LogP contribution in [0.5, 0.6) is 5.88 Å². The number of amides is 2. The summed E-state index contributed by atoms with van der Waals surface area (Å²) in [5.74, 6) is 0.0962. The molecule has 1 aliphatic heterocycles. The second-order valence-corrected chi connectivity index (χ2v) is 7.86. The van der Waals surface area contributed by atoms with Crippen molar-refractivity contribution < 1.29 is 19.1 Å². The minimum atomic E-state index is -0.276. The fourth-order valence-electron chi connectivity index (χ4n) is 3.25. The first-order valence-corrected chi connectivity index (χ1v) is 10.5. The molecule has 0 aliphatic carbocycles. The summed E-state index contributed by atoms with van der Waals surface area (Å²) in [6, 6.07) is 16.3. The van der Waals surface area contributed by atoms with E-state index in [1.54, 1.807) is 30.2 Å². The molecule has 4 rings (SSSR count). The van der Waals surface area contributed by atoms with Crippen molar-refractivity contribution in [2.24, 2.45) is 0 Å². The number of hydrogen-bond donors (Lipinski definition) is 1. The van der Waals surface area contributed by atoms with Crippen LogP contribution in [0.2, 0.25) is 0 Å². The van der Waals surface area contributed by atoms with Gasteiger partial charge in [-0.05, 0) is 36.4 Å². The Hall–Kier alpha value is -3.36. The van der Waals surface area contributed by atoms with Gasteiger partial charge in [-0.3, -0.25) is 9.59 Å². The van der Waals surface area contributed by atoms with Gasteiger partial charge in [-0.15, -0.1) is 0 Å². The molecule has 0 atom stereocenters. The van der Waals surface area contributed by atoms with Crippen molar-refractivity contribution >= 4 is 35.0 Å². The molecular formula is C23H21N3O4S. The Labute approximate surface area is 184 Å². The maximum atomic E-state index is 13.2. The molecule has 0 unspecified atom stereocenters. The van der Waals surface area contributed by atoms with Crippen molar-refractivity contribution in [3.63, 3.8) is 0 Å². The summed E-state index contributed by atoms with van der Waals surface area (Å²) in [6.45, 7) is 0.849. The van der Waals surface area contributed by atoms with Gasteiger partial charge in [-0.2, -0.15) is 0 Å². The quantitative estimate of drug-likeness (QED) is 0.628. The van der Waals surface area contributed by atoms with E-state index >= 15 is 0 Å². The molecule has 158 valence electrons. The molecular weight excluding hydrogens is 414 g/mol. The summed E-state index contributed by atoms with van der Waals surface area (Å²) in [6.07, 6.45) is 1.47. The van der Waals surface area contributed by atoms with Crippen molar-refractivity contribution in [1.82, 2.24) is 4.98 Å². The Balaban J connectivity index is 1.65. The van der Waals surface area contributed by atoms with E-state index in [0.29, 0.717) is 35.8 Å². The topological polar surface area (TPSA) is 80.8 Å². The van der Waals surface area contributed by atoms with Crippen molar-refractivity contribution in [2.75, 3.05) is 37.6 Å². The molecule has 0 fully saturated rings. The zero-order chi connectivity index (χ0) is 21.8. The molecule has 0 radical (unpaired) electrons. The molecule has 0 spiro atoms. The minimum Gasteiger partial charge on any atom is -0.481 e. The number of benzene rings is 2. The zero-order valence-electron chi connectivity index (χ0n) is 17.1. The van der Waals surface area contributed by atoms with E-state index in [1.165, 1.54) is 25.1 Å². The van der Waals surface area contributed by atoms with E-state index in [1.807, 2.05) is 36.4 Å². The second kappa shape index (κ2) is 9.20. The van der Waals surface area contributed by atoms with E-state index in [9.17, 15) is 9.59 Å². The Morgan fingerprint density at radius 2 is 1.94 bits per heavy atom. The van der Waals surface area contributed by atoms with Crippen LogP contribution < -0.4 is 15.0 Å². The van der Waals surface area contributed by atoms with Crippen LogP contribution in [0, 0.1) is 0 Å². The van der Waals surface area contributed by atoms with Crippen LogP contribution in [-0.2, 0) is 4.74 Å². The largest absolute Gasteiger partial charge is 0.481 e. The summed E-state index contributed by atoms with van der Waals surface area (Å²) in [7, 11) is 3.13. The van der Waals surface area contributed by atoms with Gasteiger partial charge in [-0.1, -0.05) is 23.9 Å². The van der Waals surface area contributed by atoms with Crippen LogP contribution in [0.4, 0.5) is 11.4 Å². The molecule has 2 aromatic carbocycles. The molecule has 7 nitrogen and oxygen atoms in total. The summed E-state index contributed by atoms with van der Waals surface area (Å²) < 4.78 is 10.2. The number of hydrogen-bond acceptors (Lipinski definition) is 6. The molecule has 0 saturated carbocycles. The second-order valence-electron chi connectivity index (χ2n) is 6.77. The fraction of sp³-hybridized carbons (Fsp3) is 0.174. The highest BCUT2D eigenvalue weighted by atomic mass is 32.2. The van der Waals surface area contributed by atoms with Crippen molar-refractivity contribution in [3.8, 4) is 5.88 Å². The van der Waals surface area contributed by atoms with Crippen LogP contribution in [0.1, 0.15) is 20.7 Å². The molecule has 1 N–H and O–H groups in total. The van der Waals surface area contributed by atoms with Crippen molar-refractivity contribution in [2.45, 2.75) is 9.79 Å². The van der Waals surface area contributed by atoms with Gasteiger partial charge in [0.05, 0.1) is 30.5 Å². The fourth-order valence-corrected chi connectivity index (χ4v) is 4.36. The number of pyridine rings is 1. The van der Waals surface area contributed by atoms with E-state index in [0.717, 1.165) is 15.5 Å². The average Bonchev–Trinajstić information content (AvgIpc) is 2.91. The average molecular weight is 436 g/mol. The third-order valence-electron chi connectivity index (χ3n) is 4.82. The number of methoxy groups -OCH3 is 2. The first kappa shape index (κ1) is 20.9. The van der Waals surface area contributed by atoms with E-state index in [2.05, 4.69) is 10.3 Å². The summed E-state index contributed by atoms with van der Waals surface area (Å²) >= 11 is 1.50. The van der Waals surface area contributed by atoms with Gasteiger partial charge in [-0.25, -0.2) is 4.98 Å². The Morgan fingerprint density at radius 1 is 1.10 bits per heavy atom. The van der Waals surface area contributed by atoms with Gasteiger partial charge in [0.2, 0.25) is 5.88 Å². The molecule has 8 heteroatoms. The van der Waals surface area contributed by atoms with Gasteiger partial charge >= 0.3 is 0 Å². The highest BCUT2D eigenvalue weighted by Crippen LogP contribution is 2.42. The van der Waals surface area contributed by atoms with Gasteiger partial charge in [0.15, 0.2) is 0 Å². The number of carbonyl (C=O) groups is 2. The molecule has 0 bridgehead atoms. The number of aromatic nitrogens is 1. The maximum Gasteiger partial charge on any atom is 0.259 e. The van der Waals surface area contributed by atoms with Gasteiger partial charge in [0.1, 0.15) is 0 Å². The molecule has 1 aliphatic rings. The number of nitrogens with zero attached hydrogens (tertiary/aromatic N) is 2. The third kappa shape index (κ3) is 4.40. The van der Waals surface area contributed by atoms with E-state index in [4.69, 9.17) is 9.47 Å². The predicted octanol–water partition coefficient (Wildman–Crippen LogP) is 4.10. The lowest BCUT2D eigenvalue weighted by Crippen LogP contribution is -2.33. The summed E-state index contributed by atoms with van der Waals surface area (Å²) in [5.41, 5.74) is 2.48. The monoisotopic (exact) mass is 435 g/mol. The number of ether oxygens (including phenoxy) is 2. The Morgan fingerprint density at radius 3 is 2.68 bits per heavy atom. The normalized spacial score (nSPS) is 12.6. The summed E-state index contributed by atoms with van der Waals surface area (Å²) in [4.78, 5) is 33.3. The van der Waals surface area contributed by atoms with Gasteiger partial charge in [0, 0.05) is 41.4 Å². The molecule has 2 amide bonds. The summed E-state index contributed by atoms with van der Waals surface area (Å²) in [5, 5.41) is 2.90. The zero-order valence-corrected chi connectivity index (χ0v) is 17.9. The number of fused-ring (bicyclic) bond motifs is 2. The Bertz CT molecular complexity index is 1120. The Kier molecular flexibility index (Phi) is 6.20. The lowest BCUT2D eigenvalue weighted by atomic mass is 10.1. The first-order valence-electron chi connectivity index (χ1n) is 9.64. The molecule has 2 heterocycles. The maximum absolute atomic E-state index is 13.2.